The Morgan fingerprint density at radius 3 is 2.50 bits per heavy atom. The normalized spacial score (nSPS) is 10.0. The van der Waals surface area contributed by atoms with Gasteiger partial charge in [0.1, 0.15) is 0 Å². The monoisotopic (exact) mass is 281 g/mol. The lowest BCUT2D eigenvalue weighted by Gasteiger charge is -2.21. The predicted octanol–water partition coefficient (Wildman–Crippen LogP) is 3.66. The minimum atomic E-state index is 0.0785. The van der Waals surface area contributed by atoms with Gasteiger partial charge in [-0.05, 0) is 48.0 Å². The zero-order valence-electron chi connectivity index (χ0n) is 9.88. The summed E-state index contributed by atoms with van der Waals surface area (Å²) in [6.07, 6.45) is 0. The number of nitrogens with zero attached hydrogens (tertiary/aromatic N) is 1. The van der Waals surface area contributed by atoms with E-state index in [9.17, 15) is 4.79 Å². The van der Waals surface area contributed by atoms with Gasteiger partial charge >= 0.3 is 0 Å². The number of halogens is 1. The van der Waals surface area contributed by atoms with Crippen molar-refractivity contribution in [1.29, 1.82) is 0 Å². The average Bonchev–Trinajstić information content (AvgIpc) is 2.15. The van der Waals surface area contributed by atoms with E-state index in [1.54, 1.807) is 6.92 Å². The van der Waals surface area contributed by atoms with E-state index in [0.29, 0.717) is 0 Å². The van der Waals surface area contributed by atoms with Crippen LogP contribution in [0.15, 0.2) is 34.8 Å². The van der Waals surface area contributed by atoms with Crippen LogP contribution in [0.3, 0.4) is 0 Å². The fourth-order valence-corrected chi connectivity index (χ4v) is 2.21. The Balaban J connectivity index is 2.98. The summed E-state index contributed by atoms with van der Waals surface area (Å²) in [4.78, 5) is 13.3. The Hall–Kier alpha value is -1.09. The van der Waals surface area contributed by atoms with Crippen molar-refractivity contribution >= 4 is 27.4 Å². The first-order chi connectivity index (χ1) is 7.41. The molecule has 0 aliphatic rings. The Morgan fingerprint density at radius 2 is 2.06 bits per heavy atom. The molecular formula is C13H16BrNO. The molecule has 0 heterocycles. The number of hydrogen-bond acceptors (Lipinski definition) is 2. The van der Waals surface area contributed by atoms with E-state index in [4.69, 9.17) is 0 Å². The molecule has 0 saturated carbocycles. The molecule has 0 unspecified atom stereocenters. The fourth-order valence-electron chi connectivity index (χ4n) is 1.53. The Bertz CT molecular complexity index is 426. The molecule has 0 fully saturated rings. The Morgan fingerprint density at radius 1 is 1.44 bits per heavy atom. The maximum atomic E-state index is 11.2. The molecule has 16 heavy (non-hydrogen) atoms. The average molecular weight is 282 g/mol. The summed E-state index contributed by atoms with van der Waals surface area (Å²) < 4.78 is 0.934. The van der Waals surface area contributed by atoms with Crippen molar-refractivity contribution in [2.45, 2.75) is 13.8 Å². The molecule has 86 valence electrons. The minimum absolute atomic E-state index is 0.0785. The van der Waals surface area contributed by atoms with Gasteiger partial charge in [-0.3, -0.25) is 4.79 Å². The topological polar surface area (TPSA) is 20.3 Å². The van der Waals surface area contributed by atoms with Crippen LogP contribution in [-0.4, -0.2) is 19.4 Å². The van der Waals surface area contributed by atoms with Gasteiger partial charge in [0, 0.05) is 23.6 Å². The number of carbonyl (C=O) groups excluding carboxylic acids is 1. The van der Waals surface area contributed by atoms with Gasteiger partial charge < -0.3 is 4.90 Å². The standard InChI is InChI=1S/C13H16BrNO/c1-9(2)8-15(4)13-6-5-11(10(3)16)7-12(13)14/h5-7H,1,8H2,2-4H3. The van der Waals surface area contributed by atoms with E-state index in [2.05, 4.69) is 27.4 Å². The molecule has 0 radical (unpaired) electrons. The molecule has 0 bridgehead atoms. The summed E-state index contributed by atoms with van der Waals surface area (Å²) in [5.74, 6) is 0.0785. The van der Waals surface area contributed by atoms with Crippen LogP contribution in [0.5, 0.6) is 0 Å². The van der Waals surface area contributed by atoms with E-state index in [1.165, 1.54) is 0 Å². The van der Waals surface area contributed by atoms with E-state index >= 15 is 0 Å². The molecule has 0 saturated heterocycles. The highest BCUT2D eigenvalue weighted by Gasteiger charge is 2.08. The van der Waals surface area contributed by atoms with Gasteiger partial charge in [0.05, 0.1) is 5.69 Å². The maximum Gasteiger partial charge on any atom is 0.159 e. The molecule has 3 heteroatoms. The number of rotatable bonds is 4. The zero-order valence-corrected chi connectivity index (χ0v) is 11.5. The lowest BCUT2D eigenvalue weighted by Crippen LogP contribution is -2.19. The second-order valence-corrected chi connectivity index (χ2v) is 4.89. The number of anilines is 1. The Kier molecular flexibility index (Phi) is 4.30. The quantitative estimate of drug-likeness (QED) is 0.620. The largest absolute Gasteiger partial charge is 0.370 e. The zero-order chi connectivity index (χ0) is 12.3. The smallest absolute Gasteiger partial charge is 0.159 e. The lowest BCUT2D eigenvalue weighted by atomic mass is 10.1. The molecule has 1 rings (SSSR count). The predicted molar refractivity (Wildman–Crippen MR) is 72.2 cm³/mol. The van der Waals surface area contributed by atoms with Gasteiger partial charge in [-0.25, -0.2) is 0 Å². The third-order valence-corrected chi connectivity index (χ3v) is 2.91. The summed E-state index contributed by atoms with van der Waals surface area (Å²) in [6.45, 7) is 8.25. The van der Waals surface area contributed by atoms with Crippen molar-refractivity contribution < 1.29 is 4.79 Å². The van der Waals surface area contributed by atoms with Gasteiger partial charge in [-0.2, -0.15) is 0 Å². The molecule has 1 aromatic rings. The summed E-state index contributed by atoms with van der Waals surface area (Å²) in [5, 5.41) is 0. The molecule has 0 aliphatic carbocycles. The van der Waals surface area contributed by atoms with Gasteiger partial charge in [0.2, 0.25) is 0 Å². The van der Waals surface area contributed by atoms with E-state index in [-0.39, 0.29) is 5.78 Å². The summed E-state index contributed by atoms with van der Waals surface area (Å²) in [7, 11) is 2.00. The second-order valence-electron chi connectivity index (χ2n) is 4.04. The van der Waals surface area contributed by atoms with Crippen LogP contribution >= 0.6 is 15.9 Å². The van der Waals surface area contributed by atoms with E-state index in [0.717, 1.165) is 27.8 Å². The first-order valence-corrected chi connectivity index (χ1v) is 5.87. The Labute approximate surface area is 105 Å². The van der Waals surface area contributed by atoms with Crippen LogP contribution in [0.1, 0.15) is 24.2 Å². The number of benzene rings is 1. The maximum absolute atomic E-state index is 11.2. The van der Waals surface area contributed by atoms with Crippen molar-refractivity contribution in [2.75, 3.05) is 18.5 Å². The molecule has 0 amide bonds. The third kappa shape index (κ3) is 3.20. The number of Topliss-reactive ketones (excluding diaryl/α,β-unsaturated/α-hetero) is 1. The van der Waals surface area contributed by atoms with Gasteiger partial charge in [0.15, 0.2) is 5.78 Å². The third-order valence-electron chi connectivity index (χ3n) is 2.27. The van der Waals surface area contributed by atoms with Crippen molar-refractivity contribution in [3.8, 4) is 0 Å². The molecule has 0 spiro atoms. The first-order valence-electron chi connectivity index (χ1n) is 5.08. The number of hydrogen-bond donors (Lipinski definition) is 0. The van der Waals surface area contributed by atoms with Crippen LogP contribution in [0.2, 0.25) is 0 Å². The van der Waals surface area contributed by atoms with Crippen molar-refractivity contribution in [3.63, 3.8) is 0 Å². The van der Waals surface area contributed by atoms with E-state index < -0.39 is 0 Å². The number of likely N-dealkylation sites (N-methyl/N-ethyl adjacent to an activating group) is 1. The molecule has 0 atom stereocenters. The van der Waals surface area contributed by atoms with Crippen molar-refractivity contribution in [3.05, 3.63) is 40.4 Å². The second kappa shape index (κ2) is 5.30. The number of carbonyl (C=O) groups is 1. The minimum Gasteiger partial charge on any atom is -0.370 e. The molecular weight excluding hydrogens is 266 g/mol. The van der Waals surface area contributed by atoms with Gasteiger partial charge in [-0.1, -0.05) is 12.2 Å². The lowest BCUT2D eigenvalue weighted by molar-refractivity contribution is 0.101. The molecule has 2 nitrogen and oxygen atoms in total. The highest BCUT2D eigenvalue weighted by Crippen LogP contribution is 2.27. The van der Waals surface area contributed by atoms with Crippen LogP contribution in [-0.2, 0) is 0 Å². The van der Waals surface area contributed by atoms with Crippen LogP contribution in [0.25, 0.3) is 0 Å². The highest BCUT2D eigenvalue weighted by atomic mass is 79.9. The summed E-state index contributed by atoms with van der Waals surface area (Å²) in [6, 6.07) is 5.65. The molecule has 1 aromatic carbocycles. The molecule has 0 aromatic heterocycles. The van der Waals surface area contributed by atoms with Crippen LogP contribution in [0.4, 0.5) is 5.69 Å². The van der Waals surface area contributed by atoms with E-state index in [1.807, 2.05) is 32.2 Å². The summed E-state index contributed by atoms with van der Waals surface area (Å²) in [5.41, 5.74) is 2.89. The highest BCUT2D eigenvalue weighted by molar-refractivity contribution is 9.10. The summed E-state index contributed by atoms with van der Waals surface area (Å²) >= 11 is 3.48. The van der Waals surface area contributed by atoms with Gasteiger partial charge in [0.25, 0.3) is 0 Å². The van der Waals surface area contributed by atoms with Gasteiger partial charge in [-0.15, -0.1) is 0 Å². The van der Waals surface area contributed by atoms with Crippen molar-refractivity contribution in [2.24, 2.45) is 0 Å². The van der Waals surface area contributed by atoms with Crippen molar-refractivity contribution in [1.82, 2.24) is 0 Å². The molecule has 0 aliphatic heterocycles. The van der Waals surface area contributed by atoms with Crippen LogP contribution < -0.4 is 4.90 Å². The number of ketones is 1. The first kappa shape index (κ1) is 13.0. The SMILES string of the molecule is C=C(C)CN(C)c1ccc(C(C)=O)cc1Br. The molecule has 0 N–H and O–H groups in total. The fraction of sp³-hybridized carbons (Fsp3) is 0.308. The van der Waals surface area contributed by atoms with Crippen LogP contribution in [0, 0.1) is 0 Å².